The van der Waals surface area contributed by atoms with Crippen LogP contribution in [0.15, 0.2) is 83.1 Å². The van der Waals surface area contributed by atoms with Gasteiger partial charge >= 0.3 is 0 Å². The minimum Gasteiger partial charge on any atom is -0.322 e. The maximum atomic E-state index is 12.7. The molecule has 2 amide bonds. The van der Waals surface area contributed by atoms with Crippen molar-refractivity contribution >= 4 is 57.3 Å². The summed E-state index contributed by atoms with van der Waals surface area (Å²) in [5.41, 5.74) is 3.97. The van der Waals surface area contributed by atoms with Crippen LogP contribution in [0.3, 0.4) is 0 Å². The van der Waals surface area contributed by atoms with Crippen molar-refractivity contribution in [1.82, 2.24) is 4.98 Å². The molecule has 0 aliphatic carbocycles. The van der Waals surface area contributed by atoms with E-state index in [9.17, 15) is 9.59 Å². The van der Waals surface area contributed by atoms with Gasteiger partial charge < -0.3 is 10.6 Å². The minimum absolute atomic E-state index is 0.137. The molecule has 4 rings (SSSR count). The standard InChI is InChI=1S/C26H22ClN3O2S2/c1-16-7-9-18(10-8-16)25(32)28-19-11-13-20(14-12-19)34-17(2)24(31)30-26-29-23(15-33-26)21-5-3-4-6-22(21)27/h3-15,17H,1-2H3,(H,28,32)(H,29,30,31). The van der Waals surface area contributed by atoms with Crippen molar-refractivity contribution in [1.29, 1.82) is 0 Å². The number of carbonyl (C=O) groups is 2. The number of hydrogen-bond acceptors (Lipinski definition) is 5. The molecule has 0 aliphatic heterocycles. The number of nitrogens with zero attached hydrogens (tertiary/aromatic N) is 1. The van der Waals surface area contributed by atoms with Crippen LogP contribution < -0.4 is 10.6 Å². The Bertz CT molecular complexity index is 1300. The van der Waals surface area contributed by atoms with Crippen LogP contribution in [-0.2, 0) is 4.79 Å². The number of aryl methyl sites for hydroxylation is 1. The molecule has 0 fully saturated rings. The summed E-state index contributed by atoms with van der Waals surface area (Å²) in [5, 5.41) is 8.46. The third kappa shape index (κ3) is 6.05. The second-order valence-electron chi connectivity index (χ2n) is 7.61. The fourth-order valence-corrected chi connectivity index (χ4v) is 4.93. The Morgan fingerprint density at radius 2 is 1.68 bits per heavy atom. The summed E-state index contributed by atoms with van der Waals surface area (Å²) in [6.07, 6.45) is 0. The van der Waals surface area contributed by atoms with E-state index in [0.717, 1.165) is 21.7 Å². The molecule has 34 heavy (non-hydrogen) atoms. The fourth-order valence-electron chi connectivity index (χ4n) is 3.11. The van der Waals surface area contributed by atoms with Gasteiger partial charge in [-0.05, 0) is 56.3 Å². The quantitative estimate of drug-likeness (QED) is 0.261. The van der Waals surface area contributed by atoms with Gasteiger partial charge in [0.2, 0.25) is 5.91 Å². The Balaban J connectivity index is 1.32. The lowest BCUT2D eigenvalue weighted by atomic mass is 10.1. The number of benzene rings is 3. The van der Waals surface area contributed by atoms with E-state index < -0.39 is 0 Å². The Morgan fingerprint density at radius 1 is 0.971 bits per heavy atom. The molecule has 1 unspecified atom stereocenters. The summed E-state index contributed by atoms with van der Waals surface area (Å²) >= 11 is 9.03. The van der Waals surface area contributed by atoms with Crippen molar-refractivity contribution in [2.24, 2.45) is 0 Å². The van der Waals surface area contributed by atoms with E-state index >= 15 is 0 Å². The molecule has 0 aliphatic rings. The van der Waals surface area contributed by atoms with Gasteiger partial charge in [0.1, 0.15) is 0 Å². The topological polar surface area (TPSA) is 71.1 Å². The summed E-state index contributed by atoms with van der Waals surface area (Å²) < 4.78 is 0. The Morgan fingerprint density at radius 3 is 2.38 bits per heavy atom. The minimum atomic E-state index is -0.333. The van der Waals surface area contributed by atoms with Gasteiger partial charge in [0.15, 0.2) is 5.13 Å². The molecule has 0 spiro atoms. The highest BCUT2D eigenvalue weighted by Gasteiger charge is 2.17. The van der Waals surface area contributed by atoms with E-state index in [-0.39, 0.29) is 17.1 Å². The van der Waals surface area contributed by atoms with Gasteiger partial charge in [0.25, 0.3) is 5.91 Å². The first-order valence-corrected chi connectivity index (χ1v) is 12.7. The van der Waals surface area contributed by atoms with E-state index in [0.29, 0.717) is 21.4 Å². The second-order valence-corrected chi connectivity index (χ2v) is 10.3. The number of halogens is 1. The van der Waals surface area contributed by atoms with Gasteiger partial charge in [-0.1, -0.05) is 47.5 Å². The predicted octanol–water partition coefficient (Wildman–Crippen LogP) is 7.14. The number of amides is 2. The molecule has 1 heterocycles. The number of hydrogen-bond donors (Lipinski definition) is 2. The van der Waals surface area contributed by atoms with E-state index in [4.69, 9.17) is 11.6 Å². The van der Waals surface area contributed by atoms with Crippen LogP contribution in [0.4, 0.5) is 10.8 Å². The highest BCUT2D eigenvalue weighted by Crippen LogP contribution is 2.31. The van der Waals surface area contributed by atoms with E-state index in [1.165, 1.54) is 23.1 Å². The Kier molecular flexibility index (Phi) is 7.67. The summed E-state index contributed by atoms with van der Waals surface area (Å²) in [7, 11) is 0. The molecule has 0 saturated heterocycles. The van der Waals surface area contributed by atoms with Gasteiger partial charge in [0.05, 0.1) is 10.9 Å². The maximum absolute atomic E-state index is 12.7. The van der Waals surface area contributed by atoms with E-state index in [1.807, 2.05) is 79.9 Å². The van der Waals surface area contributed by atoms with Crippen LogP contribution in [0.2, 0.25) is 5.02 Å². The molecule has 1 aromatic heterocycles. The zero-order valence-corrected chi connectivity index (χ0v) is 20.9. The number of nitrogens with one attached hydrogen (secondary N) is 2. The van der Waals surface area contributed by atoms with E-state index in [2.05, 4.69) is 15.6 Å². The number of thiazole rings is 1. The number of rotatable bonds is 7. The fraction of sp³-hybridized carbons (Fsp3) is 0.115. The monoisotopic (exact) mass is 507 g/mol. The molecule has 0 radical (unpaired) electrons. The lowest BCUT2D eigenvalue weighted by molar-refractivity contribution is -0.115. The lowest BCUT2D eigenvalue weighted by Gasteiger charge is -2.11. The van der Waals surface area contributed by atoms with E-state index in [1.54, 1.807) is 12.1 Å². The molecular weight excluding hydrogens is 486 g/mol. The summed E-state index contributed by atoms with van der Waals surface area (Å²) in [6.45, 7) is 3.82. The van der Waals surface area contributed by atoms with Gasteiger partial charge in [-0.2, -0.15) is 0 Å². The van der Waals surface area contributed by atoms with Crippen LogP contribution in [0, 0.1) is 6.92 Å². The molecule has 0 bridgehead atoms. The first-order chi connectivity index (χ1) is 16.4. The third-order valence-corrected chi connectivity index (χ3v) is 7.19. The van der Waals surface area contributed by atoms with Gasteiger partial charge in [0, 0.05) is 32.1 Å². The van der Waals surface area contributed by atoms with Crippen LogP contribution in [0.5, 0.6) is 0 Å². The molecule has 2 N–H and O–H groups in total. The Labute approximate surface area is 211 Å². The summed E-state index contributed by atoms with van der Waals surface area (Å²) in [6, 6.07) is 22.3. The van der Waals surface area contributed by atoms with Crippen molar-refractivity contribution in [3.05, 3.63) is 94.3 Å². The van der Waals surface area contributed by atoms with Crippen molar-refractivity contribution in [2.75, 3.05) is 10.6 Å². The van der Waals surface area contributed by atoms with Crippen LogP contribution in [-0.4, -0.2) is 22.0 Å². The Hall–Kier alpha value is -3.13. The first-order valence-electron chi connectivity index (χ1n) is 10.5. The van der Waals surface area contributed by atoms with Gasteiger partial charge in [-0.3, -0.25) is 9.59 Å². The molecule has 5 nitrogen and oxygen atoms in total. The molecule has 0 saturated carbocycles. The van der Waals surface area contributed by atoms with Gasteiger partial charge in [-0.25, -0.2) is 4.98 Å². The molecular formula is C26H22ClN3O2S2. The zero-order valence-electron chi connectivity index (χ0n) is 18.5. The molecule has 3 aromatic carbocycles. The average Bonchev–Trinajstić information content (AvgIpc) is 3.29. The molecule has 4 aromatic rings. The third-order valence-electron chi connectivity index (χ3n) is 4.99. The van der Waals surface area contributed by atoms with Gasteiger partial charge in [-0.15, -0.1) is 23.1 Å². The average molecular weight is 508 g/mol. The number of anilines is 2. The van der Waals surface area contributed by atoms with Crippen LogP contribution in [0.25, 0.3) is 11.3 Å². The summed E-state index contributed by atoms with van der Waals surface area (Å²) in [4.78, 5) is 30.5. The first kappa shape index (κ1) is 24.0. The lowest BCUT2D eigenvalue weighted by Crippen LogP contribution is -2.22. The molecule has 1 atom stereocenters. The number of aromatic nitrogens is 1. The van der Waals surface area contributed by atoms with Crippen molar-refractivity contribution in [3.63, 3.8) is 0 Å². The SMILES string of the molecule is Cc1ccc(C(=O)Nc2ccc(SC(C)C(=O)Nc3nc(-c4ccccc4Cl)cs3)cc2)cc1. The van der Waals surface area contributed by atoms with Crippen LogP contribution in [0.1, 0.15) is 22.8 Å². The normalized spacial score (nSPS) is 11.6. The van der Waals surface area contributed by atoms with Crippen molar-refractivity contribution in [2.45, 2.75) is 24.0 Å². The highest BCUT2D eigenvalue weighted by molar-refractivity contribution is 8.00. The van der Waals surface area contributed by atoms with Crippen molar-refractivity contribution < 1.29 is 9.59 Å². The predicted molar refractivity (Wildman–Crippen MR) is 142 cm³/mol. The summed E-state index contributed by atoms with van der Waals surface area (Å²) in [5.74, 6) is -0.297. The largest absolute Gasteiger partial charge is 0.322 e. The van der Waals surface area contributed by atoms with Crippen molar-refractivity contribution in [3.8, 4) is 11.3 Å². The maximum Gasteiger partial charge on any atom is 0.255 e. The number of carbonyl (C=O) groups excluding carboxylic acids is 2. The molecule has 8 heteroatoms. The number of thioether (sulfide) groups is 1. The highest BCUT2D eigenvalue weighted by atomic mass is 35.5. The smallest absolute Gasteiger partial charge is 0.255 e. The zero-order chi connectivity index (χ0) is 24.1. The van der Waals surface area contributed by atoms with Crippen LogP contribution >= 0.6 is 34.7 Å². The molecule has 172 valence electrons. The second kappa shape index (κ2) is 10.9.